The van der Waals surface area contributed by atoms with Crippen molar-refractivity contribution < 1.29 is 0 Å². The molecule has 0 amide bonds. The molecule has 0 atom stereocenters. The molecular weight excluding hydrogens is 340 g/mol. The van der Waals surface area contributed by atoms with Crippen molar-refractivity contribution in [2.24, 2.45) is 5.92 Å². The third kappa shape index (κ3) is 5.29. The molecule has 0 bridgehead atoms. The second-order valence-electron chi connectivity index (χ2n) is 7.73. The van der Waals surface area contributed by atoms with Gasteiger partial charge in [-0.25, -0.2) is 0 Å². The van der Waals surface area contributed by atoms with Crippen LogP contribution in [0.5, 0.6) is 0 Å². The van der Waals surface area contributed by atoms with Crippen LogP contribution in [-0.4, -0.2) is 67.4 Å². The van der Waals surface area contributed by atoms with E-state index in [4.69, 9.17) is 0 Å². The van der Waals surface area contributed by atoms with E-state index < -0.39 is 0 Å². The fraction of sp³-hybridized carbons (Fsp3) is 0.524. The molecule has 1 aromatic rings. The smallest absolute Gasteiger partial charge is 0.0618 e. The topological polar surface area (TPSA) is 21.8 Å². The minimum absolute atomic E-state index is 0.613. The van der Waals surface area contributed by atoms with Crippen molar-refractivity contribution in [2.45, 2.75) is 18.7 Å². The quantitative estimate of drug-likeness (QED) is 0.771. The van der Waals surface area contributed by atoms with E-state index >= 15 is 0 Å². The van der Waals surface area contributed by atoms with Crippen LogP contribution in [0.25, 0.3) is 5.70 Å². The maximum Gasteiger partial charge on any atom is 0.0618 e. The van der Waals surface area contributed by atoms with Crippen molar-refractivity contribution in [1.29, 1.82) is 0 Å². The Labute approximate surface area is 162 Å². The van der Waals surface area contributed by atoms with Gasteiger partial charge in [-0.1, -0.05) is 26.0 Å². The van der Waals surface area contributed by atoms with Crippen LogP contribution < -0.4 is 5.43 Å². The summed E-state index contributed by atoms with van der Waals surface area (Å²) in [6.45, 7) is 11.2. The van der Waals surface area contributed by atoms with Gasteiger partial charge in [0.25, 0.3) is 0 Å². The number of nitrogens with zero attached hydrogens (tertiary/aromatic N) is 3. The Hall–Kier alpha value is -1.43. The highest BCUT2D eigenvalue weighted by atomic mass is 32.2. The summed E-state index contributed by atoms with van der Waals surface area (Å²) in [6, 6.07) is 8.84. The van der Waals surface area contributed by atoms with Crippen molar-refractivity contribution in [2.75, 3.05) is 52.6 Å². The second-order valence-corrected chi connectivity index (χ2v) is 8.61. The number of thioether (sulfide) groups is 1. The van der Waals surface area contributed by atoms with E-state index in [0.29, 0.717) is 5.92 Å². The van der Waals surface area contributed by atoms with Crippen LogP contribution in [0.4, 0.5) is 0 Å². The number of likely N-dealkylation sites (N-methyl/N-ethyl adjacent to an activating group) is 1. The lowest BCUT2D eigenvalue weighted by Crippen LogP contribution is -2.45. The minimum atomic E-state index is 0.613. The number of rotatable bonds is 6. The molecule has 0 spiro atoms. The standard InChI is InChI=1S/C21H32N4S/c1-17(2)14-25-16-18(15-24-11-9-23(3)10-12-24)13-21(22-25)19-5-7-20(26-4)8-6-19/h5-8,13,16-17,22H,9-12,14-15H2,1-4H3. The molecule has 1 fully saturated rings. The Morgan fingerprint density at radius 3 is 2.38 bits per heavy atom. The average Bonchev–Trinajstić information content (AvgIpc) is 2.63. The predicted molar refractivity (Wildman–Crippen MR) is 113 cm³/mol. The van der Waals surface area contributed by atoms with Crippen molar-refractivity contribution in [3.05, 3.63) is 47.7 Å². The molecule has 1 aromatic carbocycles. The largest absolute Gasteiger partial charge is 0.304 e. The Balaban J connectivity index is 1.76. The number of hydrazine groups is 1. The van der Waals surface area contributed by atoms with Crippen molar-refractivity contribution in [3.63, 3.8) is 0 Å². The maximum atomic E-state index is 3.60. The van der Waals surface area contributed by atoms with Gasteiger partial charge in [0, 0.05) is 50.4 Å². The van der Waals surface area contributed by atoms with E-state index in [0.717, 1.165) is 39.3 Å². The lowest BCUT2D eigenvalue weighted by atomic mass is 10.1. The van der Waals surface area contributed by atoms with Crippen molar-refractivity contribution >= 4 is 17.5 Å². The van der Waals surface area contributed by atoms with Gasteiger partial charge >= 0.3 is 0 Å². The van der Waals surface area contributed by atoms with E-state index in [1.54, 1.807) is 11.8 Å². The second kappa shape index (κ2) is 8.98. The normalized spacial score (nSPS) is 19.3. The number of hydrogen-bond donors (Lipinski definition) is 1. The highest BCUT2D eigenvalue weighted by Crippen LogP contribution is 2.23. The van der Waals surface area contributed by atoms with Gasteiger partial charge in [0.1, 0.15) is 0 Å². The maximum absolute atomic E-state index is 3.60. The van der Waals surface area contributed by atoms with Gasteiger partial charge in [0.05, 0.1) is 5.70 Å². The SMILES string of the molecule is CSc1ccc(C2=CC(CN3CCN(C)CC3)=CN(CC(C)C)N2)cc1. The van der Waals surface area contributed by atoms with E-state index in [2.05, 4.69) is 83.9 Å². The third-order valence-electron chi connectivity index (χ3n) is 4.88. The monoisotopic (exact) mass is 372 g/mol. The van der Waals surface area contributed by atoms with Gasteiger partial charge in [-0.2, -0.15) is 0 Å². The first-order valence-corrected chi connectivity index (χ1v) is 10.8. The molecule has 1 N–H and O–H groups in total. The average molecular weight is 373 g/mol. The summed E-state index contributed by atoms with van der Waals surface area (Å²) in [5, 5.41) is 2.26. The van der Waals surface area contributed by atoms with Crippen molar-refractivity contribution in [1.82, 2.24) is 20.2 Å². The summed E-state index contributed by atoms with van der Waals surface area (Å²) < 4.78 is 0. The van der Waals surface area contributed by atoms with Gasteiger partial charge in [0.15, 0.2) is 0 Å². The van der Waals surface area contributed by atoms with Crippen LogP contribution in [0.1, 0.15) is 19.4 Å². The first-order chi connectivity index (χ1) is 12.5. The van der Waals surface area contributed by atoms with Crippen LogP contribution in [0.15, 0.2) is 47.0 Å². The van der Waals surface area contributed by atoms with Crippen LogP contribution in [-0.2, 0) is 0 Å². The van der Waals surface area contributed by atoms with E-state index in [-0.39, 0.29) is 0 Å². The fourth-order valence-corrected chi connectivity index (χ4v) is 3.81. The van der Waals surface area contributed by atoms with Gasteiger partial charge in [-0.05, 0) is 48.6 Å². The predicted octanol–water partition coefficient (Wildman–Crippen LogP) is 3.36. The molecule has 0 aromatic heterocycles. The fourth-order valence-electron chi connectivity index (χ4n) is 3.40. The molecule has 26 heavy (non-hydrogen) atoms. The molecule has 2 aliphatic rings. The molecule has 2 aliphatic heterocycles. The van der Waals surface area contributed by atoms with Crippen LogP contribution in [0.2, 0.25) is 0 Å². The summed E-state index contributed by atoms with van der Waals surface area (Å²) in [7, 11) is 2.21. The minimum Gasteiger partial charge on any atom is -0.304 e. The number of piperazine rings is 1. The highest BCUT2D eigenvalue weighted by Gasteiger charge is 2.18. The van der Waals surface area contributed by atoms with Crippen LogP contribution in [0.3, 0.4) is 0 Å². The zero-order valence-electron chi connectivity index (χ0n) is 16.5. The van der Waals surface area contributed by atoms with E-state index in [1.807, 2.05) is 0 Å². The molecule has 0 radical (unpaired) electrons. The molecule has 142 valence electrons. The lowest BCUT2D eigenvalue weighted by molar-refractivity contribution is 0.163. The molecular formula is C21H32N4S. The molecule has 0 saturated carbocycles. The molecule has 4 nitrogen and oxygen atoms in total. The van der Waals surface area contributed by atoms with Gasteiger partial charge < -0.3 is 4.90 Å². The van der Waals surface area contributed by atoms with Gasteiger partial charge in [-0.3, -0.25) is 15.3 Å². The Morgan fingerprint density at radius 1 is 1.08 bits per heavy atom. The molecule has 3 rings (SSSR count). The number of benzene rings is 1. The molecule has 2 heterocycles. The Kier molecular flexibility index (Phi) is 6.68. The summed E-state index contributed by atoms with van der Waals surface area (Å²) >= 11 is 1.78. The summed E-state index contributed by atoms with van der Waals surface area (Å²) in [5.41, 5.74) is 7.43. The zero-order valence-corrected chi connectivity index (χ0v) is 17.4. The molecule has 1 saturated heterocycles. The Bertz CT molecular complexity index is 642. The third-order valence-corrected chi connectivity index (χ3v) is 5.62. The molecule has 5 heteroatoms. The van der Waals surface area contributed by atoms with Gasteiger partial charge in [-0.15, -0.1) is 11.8 Å². The van der Waals surface area contributed by atoms with Crippen LogP contribution >= 0.6 is 11.8 Å². The van der Waals surface area contributed by atoms with Crippen LogP contribution in [0, 0.1) is 5.92 Å². The number of hydrogen-bond acceptors (Lipinski definition) is 5. The molecule has 0 unspecified atom stereocenters. The summed E-state index contributed by atoms with van der Waals surface area (Å²) in [6.07, 6.45) is 6.73. The lowest BCUT2D eigenvalue weighted by Gasteiger charge is -2.35. The van der Waals surface area contributed by atoms with E-state index in [9.17, 15) is 0 Å². The number of nitrogens with one attached hydrogen (secondary N) is 1. The first kappa shape index (κ1) is 19.3. The van der Waals surface area contributed by atoms with Gasteiger partial charge in [0.2, 0.25) is 0 Å². The highest BCUT2D eigenvalue weighted by molar-refractivity contribution is 7.98. The Morgan fingerprint density at radius 2 is 1.77 bits per heavy atom. The first-order valence-electron chi connectivity index (χ1n) is 9.54. The zero-order chi connectivity index (χ0) is 18.5. The summed E-state index contributed by atoms with van der Waals surface area (Å²) in [5.74, 6) is 0.613. The summed E-state index contributed by atoms with van der Waals surface area (Å²) in [4.78, 5) is 6.28. The molecule has 0 aliphatic carbocycles. The van der Waals surface area contributed by atoms with E-state index in [1.165, 1.54) is 21.7 Å². The van der Waals surface area contributed by atoms with Crippen molar-refractivity contribution in [3.8, 4) is 0 Å².